The number of H-pyrrole nitrogens is 1. The van der Waals surface area contributed by atoms with E-state index in [2.05, 4.69) is 51.7 Å². The topological polar surface area (TPSA) is 74.2 Å². The lowest BCUT2D eigenvalue weighted by molar-refractivity contribution is 0.0996. The average molecular weight is 415 g/mol. The van der Waals surface area contributed by atoms with Crippen molar-refractivity contribution in [3.05, 3.63) is 83.9 Å². The molecule has 158 valence electrons. The van der Waals surface area contributed by atoms with E-state index in [0.29, 0.717) is 11.7 Å². The van der Waals surface area contributed by atoms with E-state index in [-0.39, 0.29) is 11.7 Å². The lowest BCUT2D eigenvalue weighted by atomic mass is 9.90. The maximum atomic E-state index is 12.3. The van der Waals surface area contributed by atoms with E-state index >= 15 is 0 Å². The molecule has 0 aliphatic carbocycles. The normalized spacial score (nSPS) is 15.4. The highest BCUT2D eigenvalue weighted by Gasteiger charge is 2.23. The van der Waals surface area contributed by atoms with Gasteiger partial charge in [0.2, 0.25) is 0 Å². The van der Waals surface area contributed by atoms with Crippen LogP contribution in [0.5, 0.6) is 0 Å². The van der Waals surface area contributed by atoms with Gasteiger partial charge in [0, 0.05) is 12.7 Å². The molecule has 0 atom stereocenters. The predicted octanol–water partition coefficient (Wildman–Crippen LogP) is 4.83. The van der Waals surface area contributed by atoms with Crippen LogP contribution in [0.25, 0.3) is 11.0 Å². The standard InChI is InChI=1S/C25H26N4O2/c30-25(22-7-4-16-31-22)28-23-9-8-21-24(27-23)20(17-26-21)19-11-14-29(15-12-19)13-10-18-5-2-1-3-6-18/h1-9,16-17,19,26H,10-15H2,(H,27,28,30). The Bertz CT molecular complexity index is 1140. The van der Waals surface area contributed by atoms with E-state index in [1.807, 2.05) is 12.1 Å². The zero-order valence-corrected chi connectivity index (χ0v) is 17.4. The smallest absolute Gasteiger partial charge is 0.292 e. The fraction of sp³-hybridized carbons (Fsp3) is 0.280. The Hall–Kier alpha value is -3.38. The van der Waals surface area contributed by atoms with Crippen molar-refractivity contribution in [1.29, 1.82) is 0 Å². The van der Waals surface area contributed by atoms with Gasteiger partial charge >= 0.3 is 0 Å². The van der Waals surface area contributed by atoms with Gasteiger partial charge in [-0.1, -0.05) is 30.3 Å². The first-order valence-electron chi connectivity index (χ1n) is 10.9. The number of aromatic nitrogens is 2. The highest BCUT2D eigenvalue weighted by Crippen LogP contribution is 2.33. The largest absolute Gasteiger partial charge is 0.459 e. The number of carbonyl (C=O) groups is 1. The molecule has 0 radical (unpaired) electrons. The minimum atomic E-state index is -0.291. The lowest BCUT2D eigenvalue weighted by Gasteiger charge is -2.31. The van der Waals surface area contributed by atoms with E-state index in [4.69, 9.17) is 9.40 Å². The van der Waals surface area contributed by atoms with Crippen LogP contribution in [0.2, 0.25) is 0 Å². The second kappa shape index (κ2) is 8.78. The molecule has 6 heteroatoms. The molecule has 0 saturated carbocycles. The second-order valence-electron chi connectivity index (χ2n) is 8.12. The second-order valence-corrected chi connectivity index (χ2v) is 8.12. The van der Waals surface area contributed by atoms with E-state index in [1.54, 1.807) is 12.1 Å². The first kappa shape index (κ1) is 19.6. The third-order valence-electron chi connectivity index (χ3n) is 6.13. The number of anilines is 1. The summed E-state index contributed by atoms with van der Waals surface area (Å²) in [6, 6.07) is 17.8. The summed E-state index contributed by atoms with van der Waals surface area (Å²) in [6.07, 6.45) is 6.90. The number of benzene rings is 1. The molecule has 6 nitrogen and oxygen atoms in total. The monoisotopic (exact) mass is 414 g/mol. The molecule has 3 aromatic heterocycles. The van der Waals surface area contributed by atoms with Crippen LogP contribution in [0, 0.1) is 0 Å². The number of aromatic amines is 1. The maximum Gasteiger partial charge on any atom is 0.292 e. The molecule has 5 rings (SSSR count). The number of nitrogens with one attached hydrogen (secondary N) is 2. The highest BCUT2D eigenvalue weighted by molar-refractivity contribution is 6.02. The summed E-state index contributed by atoms with van der Waals surface area (Å²) in [5.74, 6) is 1.00. The minimum absolute atomic E-state index is 0.277. The van der Waals surface area contributed by atoms with Gasteiger partial charge in [-0.15, -0.1) is 0 Å². The molecule has 4 heterocycles. The fourth-order valence-electron chi connectivity index (χ4n) is 4.39. The van der Waals surface area contributed by atoms with Crippen LogP contribution in [0.1, 0.15) is 40.4 Å². The number of fused-ring (bicyclic) bond motifs is 1. The SMILES string of the molecule is O=C(Nc1ccc2[nH]cc(C3CCN(CCc4ccccc4)CC3)c2n1)c1ccco1. The van der Waals surface area contributed by atoms with E-state index in [9.17, 15) is 4.79 Å². The van der Waals surface area contributed by atoms with Crippen LogP contribution in [0.3, 0.4) is 0 Å². The Morgan fingerprint density at radius 1 is 1.10 bits per heavy atom. The van der Waals surface area contributed by atoms with Crippen molar-refractivity contribution in [1.82, 2.24) is 14.9 Å². The number of amides is 1. The maximum absolute atomic E-state index is 12.3. The number of likely N-dealkylation sites (tertiary alicyclic amines) is 1. The third-order valence-corrected chi connectivity index (χ3v) is 6.13. The summed E-state index contributed by atoms with van der Waals surface area (Å²) in [7, 11) is 0. The van der Waals surface area contributed by atoms with Crippen LogP contribution >= 0.6 is 0 Å². The number of hydrogen-bond acceptors (Lipinski definition) is 4. The fourth-order valence-corrected chi connectivity index (χ4v) is 4.39. The molecule has 0 bridgehead atoms. The number of nitrogens with zero attached hydrogens (tertiary/aromatic N) is 2. The quantitative estimate of drug-likeness (QED) is 0.474. The van der Waals surface area contributed by atoms with E-state index in [1.165, 1.54) is 17.4 Å². The minimum Gasteiger partial charge on any atom is -0.459 e. The van der Waals surface area contributed by atoms with Crippen molar-refractivity contribution in [3.8, 4) is 0 Å². The highest BCUT2D eigenvalue weighted by atomic mass is 16.3. The van der Waals surface area contributed by atoms with E-state index < -0.39 is 0 Å². The first-order valence-corrected chi connectivity index (χ1v) is 10.9. The van der Waals surface area contributed by atoms with Gasteiger partial charge in [0.05, 0.1) is 17.3 Å². The molecule has 1 aliphatic heterocycles. The number of rotatable bonds is 6. The first-order chi connectivity index (χ1) is 15.3. The van der Waals surface area contributed by atoms with Crippen LogP contribution in [0.15, 0.2) is 71.5 Å². The van der Waals surface area contributed by atoms with E-state index in [0.717, 1.165) is 49.9 Å². The van der Waals surface area contributed by atoms with Crippen molar-refractivity contribution < 1.29 is 9.21 Å². The summed E-state index contributed by atoms with van der Waals surface area (Å²) < 4.78 is 5.17. The zero-order chi connectivity index (χ0) is 21.0. The summed E-state index contributed by atoms with van der Waals surface area (Å²) in [6.45, 7) is 3.30. The van der Waals surface area contributed by atoms with Gasteiger partial charge in [-0.3, -0.25) is 4.79 Å². The third kappa shape index (κ3) is 4.39. The average Bonchev–Trinajstić information content (AvgIpc) is 3.49. The molecule has 1 aromatic carbocycles. The lowest BCUT2D eigenvalue weighted by Crippen LogP contribution is -2.34. The van der Waals surface area contributed by atoms with Crippen LogP contribution in [0.4, 0.5) is 5.82 Å². The molecule has 1 saturated heterocycles. The number of hydrogen-bond donors (Lipinski definition) is 2. The van der Waals surface area contributed by atoms with Gasteiger partial charge in [-0.2, -0.15) is 0 Å². The van der Waals surface area contributed by atoms with Gasteiger partial charge in [0.1, 0.15) is 5.82 Å². The van der Waals surface area contributed by atoms with Crippen molar-refractivity contribution >= 4 is 22.8 Å². The Labute approximate surface area is 181 Å². The summed E-state index contributed by atoms with van der Waals surface area (Å²) in [5.41, 5.74) is 4.58. The van der Waals surface area contributed by atoms with Gasteiger partial charge in [-0.25, -0.2) is 4.98 Å². The van der Waals surface area contributed by atoms with Gasteiger partial charge in [0.15, 0.2) is 5.76 Å². The molecule has 4 aromatic rings. The summed E-state index contributed by atoms with van der Waals surface area (Å²) in [4.78, 5) is 22.9. The molecule has 1 fully saturated rings. The number of carbonyl (C=O) groups excluding carboxylic acids is 1. The summed E-state index contributed by atoms with van der Waals surface area (Å²) >= 11 is 0. The molecule has 0 unspecified atom stereocenters. The molecular formula is C25H26N4O2. The number of piperidine rings is 1. The zero-order valence-electron chi connectivity index (χ0n) is 17.4. The summed E-state index contributed by atoms with van der Waals surface area (Å²) in [5, 5.41) is 2.83. The van der Waals surface area contributed by atoms with Crippen LogP contribution in [-0.4, -0.2) is 40.4 Å². The van der Waals surface area contributed by atoms with Crippen LogP contribution in [-0.2, 0) is 6.42 Å². The van der Waals surface area contributed by atoms with Crippen molar-refractivity contribution in [2.24, 2.45) is 0 Å². The molecular weight excluding hydrogens is 388 g/mol. The van der Waals surface area contributed by atoms with Crippen molar-refractivity contribution in [2.75, 3.05) is 25.0 Å². The van der Waals surface area contributed by atoms with Gasteiger partial charge in [0.25, 0.3) is 5.91 Å². The number of pyridine rings is 1. The number of furan rings is 1. The molecule has 2 N–H and O–H groups in total. The van der Waals surface area contributed by atoms with Gasteiger partial charge < -0.3 is 19.6 Å². The predicted molar refractivity (Wildman–Crippen MR) is 121 cm³/mol. The molecule has 1 aliphatic rings. The molecule has 0 spiro atoms. The Kier molecular flexibility index (Phi) is 5.54. The molecule has 31 heavy (non-hydrogen) atoms. The van der Waals surface area contributed by atoms with Crippen LogP contribution < -0.4 is 5.32 Å². The Morgan fingerprint density at radius 3 is 2.71 bits per heavy atom. The Morgan fingerprint density at radius 2 is 1.94 bits per heavy atom. The Balaban J connectivity index is 1.23. The molecule has 1 amide bonds. The van der Waals surface area contributed by atoms with Crippen molar-refractivity contribution in [2.45, 2.75) is 25.2 Å². The van der Waals surface area contributed by atoms with Crippen molar-refractivity contribution in [3.63, 3.8) is 0 Å². The van der Waals surface area contributed by atoms with Gasteiger partial charge in [-0.05, 0) is 73.7 Å².